The Morgan fingerprint density at radius 2 is 2.07 bits per heavy atom. The van der Waals surface area contributed by atoms with Crippen molar-refractivity contribution >= 4 is 21.6 Å². The fourth-order valence-corrected chi connectivity index (χ4v) is 1.08. The molecule has 2 N–H and O–H groups in total. The van der Waals surface area contributed by atoms with Crippen LogP contribution in [0.5, 0.6) is 0 Å². The molecule has 0 saturated heterocycles. The molecule has 0 unspecified atom stereocenters. The van der Waals surface area contributed by atoms with Gasteiger partial charge in [0, 0.05) is 11.8 Å². The second kappa shape index (κ2) is 4.97. The van der Waals surface area contributed by atoms with Gasteiger partial charge in [0.15, 0.2) is 5.82 Å². The average molecular weight is 260 g/mol. The molecule has 1 rings (SSSR count). The molecule has 0 amide bonds. The van der Waals surface area contributed by atoms with Crippen molar-refractivity contribution in [3.8, 4) is 11.8 Å². The van der Waals surface area contributed by atoms with Crippen molar-refractivity contribution in [1.82, 2.24) is 0 Å². The third-order valence-corrected chi connectivity index (χ3v) is 1.95. The van der Waals surface area contributed by atoms with E-state index in [4.69, 9.17) is 5.73 Å². The molecule has 0 heterocycles. The molecule has 1 aromatic carbocycles. The molecule has 0 radical (unpaired) electrons. The molecule has 74 valence electrons. The Balaban J connectivity index is 3.08. The smallest absolute Gasteiger partial charge is 0.164 e. The summed E-state index contributed by atoms with van der Waals surface area (Å²) in [6, 6.07) is 2.29. The first-order chi connectivity index (χ1) is 6.66. The SMILES string of the molecule is Nc1ccc(F)c(C#CCCBr)c1F. The van der Waals surface area contributed by atoms with Crippen molar-refractivity contribution in [2.75, 3.05) is 11.1 Å². The van der Waals surface area contributed by atoms with E-state index in [2.05, 4.69) is 27.8 Å². The van der Waals surface area contributed by atoms with Crippen molar-refractivity contribution in [3.05, 3.63) is 29.3 Å². The van der Waals surface area contributed by atoms with Gasteiger partial charge in [-0.15, -0.1) is 0 Å². The van der Waals surface area contributed by atoms with Gasteiger partial charge < -0.3 is 5.73 Å². The standard InChI is InChI=1S/C10H8BrF2N/c11-6-2-1-3-7-8(12)4-5-9(14)10(7)13/h4-5H,2,6,14H2. The van der Waals surface area contributed by atoms with E-state index in [0.29, 0.717) is 11.8 Å². The zero-order valence-electron chi connectivity index (χ0n) is 7.28. The Morgan fingerprint density at radius 3 is 2.71 bits per heavy atom. The summed E-state index contributed by atoms with van der Waals surface area (Å²) < 4.78 is 26.3. The minimum absolute atomic E-state index is 0.0884. The van der Waals surface area contributed by atoms with E-state index in [1.165, 1.54) is 6.07 Å². The summed E-state index contributed by atoms with van der Waals surface area (Å²) in [4.78, 5) is 0. The highest BCUT2D eigenvalue weighted by Crippen LogP contribution is 2.17. The van der Waals surface area contributed by atoms with Crippen LogP contribution in [0.25, 0.3) is 0 Å². The molecule has 0 aliphatic heterocycles. The van der Waals surface area contributed by atoms with Gasteiger partial charge in [0.05, 0.1) is 11.3 Å². The van der Waals surface area contributed by atoms with Crippen molar-refractivity contribution in [1.29, 1.82) is 0 Å². The average Bonchev–Trinajstić information content (AvgIpc) is 2.18. The lowest BCUT2D eigenvalue weighted by molar-refractivity contribution is 0.580. The van der Waals surface area contributed by atoms with E-state index in [1.54, 1.807) is 0 Å². The molecule has 0 aliphatic rings. The number of hydrogen-bond acceptors (Lipinski definition) is 1. The predicted molar refractivity (Wildman–Crippen MR) is 56.1 cm³/mol. The van der Waals surface area contributed by atoms with Crippen LogP contribution in [0.3, 0.4) is 0 Å². The summed E-state index contributed by atoms with van der Waals surface area (Å²) in [5.74, 6) is 3.57. The largest absolute Gasteiger partial charge is 0.396 e. The normalized spacial score (nSPS) is 9.36. The molecule has 0 bridgehead atoms. The molecule has 0 atom stereocenters. The van der Waals surface area contributed by atoms with Crippen LogP contribution in [0.2, 0.25) is 0 Å². The van der Waals surface area contributed by atoms with E-state index in [-0.39, 0.29) is 11.3 Å². The van der Waals surface area contributed by atoms with E-state index in [1.807, 2.05) is 0 Å². The number of alkyl halides is 1. The van der Waals surface area contributed by atoms with E-state index >= 15 is 0 Å². The van der Waals surface area contributed by atoms with Gasteiger partial charge >= 0.3 is 0 Å². The summed E-state index contributed by atoms with van der Waals surface area (Å²) in [6.07, 6.45) is 0.535. The molecular weight excluding hydrogens is 252 g/mol. The Labute approximate surface area is 89.4 Å². The molecule has 0 saturated carbocycles. The third kappa shape index (κ3) is 2.46. The van der Waals surface area contributed by atoms with Gasteiger partial charge in [0.2, 0.25) is 0 Å². The van der Waals surface area contributed by atoms with Gasteiger partial charge in [-0.1, -0.05) is 27.8 Å². The van der Waals surface area contributed by atoms with Crippen molar-refractivity contribution in [3.63, 3.8) is 0 Å². The van der Waals surface area contributed by atoms with Gasteiger partial charge in [0.25, 0.3) is 0 Å². The molecule has 1 aromatic rings. The van der Waals surface area contributed by atoms with Crippen molar-refractivity contribution < 1.29 is 8.78 Å². The second-order valence-electron chi connectivity index (χ2n) is 2.57. The second-order valence-corrected chi connectivity index (χ2v) is 3.36. The summed E-state index contributed by atoms with van der Waals surface area (Å²) in [7, 11) is 0. The lowest BCUT2D eigenvalue weighted by atomic mass is 10.1. The van der Waals surface area contributed by atoms with Crippen LogP contribution in [0, 0.1) is 23.5 Å². The van der Waals surface area contributed by atoms with Crippen LogP contribution in [-0.2, 0) is 0 Å². The molecule has 14 heavy (non-hydrogen) atoms. The maximum atomic E-state index is 13.2. The lowest BCUT2D eigenvalue weighted by Crippen LogP contribution is -1.96. The lowest BCUT2D eigenvalue weighted by Gasteiger charge is -1.99. The number of nitrogen functional groups attached to an aromatic ring is 1. The number of nitrogens with two attached hydrogens (primary N) is 1. The van der Waals surface area contributed by atoms with Crippen LogP contribution >= 0.6 is 15.9 Å². The van der Waals surface area contributed by atoms with E-state index in [9.17, 15) is 8.78 Å². The minimum Gasteiger partial charge on any atom is -0.396 e. The topological polar surface area (TPSA) is 26.0 Å². The first kappa shape index (κ1) is 11.0. The molecule has 4 heteroatoms. The maximum absolute atomic E-state index is 13.2. The van der Waals surface area contributed by atoms with Gasteiger partial charge in [-0.3, -0.25) is 0 Å². The van der Waals surface area contributed by atoms with Crippen molar-refractivity contribution in [2.45, 2.75) is 6.42 Å². The van der Waals surface area contributed by atoms with Crippen LogP contribution in [-0.4, -0.2) is 5.33 Å². The third-order valence-electron chi connectivity index (χ3n) is 1.55. The zero-order chi connectivity index (χ0) is 10.6. The summed E-state index contributed by atoms with van der Waals surface area (Å²) in [5, 5.41) is 0.672. The Bertz CT molecular complexity index is 393. The molecule has 0 spiro atoms. The number of hydrogen-bond donors (Lipinski definition) is 1. The highest BCUT2D eigenvalue weighted by molar-refractivity contribution is 9.09. The molecule has 0 aromatic heterocycles. The van der Waals surface area contributed by atoms with E-state index < -0.39 is 11.6 Å². The highest BCUT2D eigenvalue weighted by atomic mass is 79.9. The van der Waals surface area contributed by atoms with Gasteiger partial charge in [-0.2, -0.15) is 0 Å². The summed E-state index contributed by atoms with van der Waals surface area (Å²) in [5.41, 5.74) is 4.93. The monoisotopic (exact) mass is 259 g/mol. The fraction of sp³-hybridized carbons (Fsp3) is 0.200. The maximum Gasteiger partial charge on any atom is 0.164 e. The number of benzene rings is 1. The van der Waals surface area contributed by atoms with Crippen LogP contribution in [0.15, 0.2) is 12.1 Å². The fourth-order valence-electron chi connectivity index (χ4n) is 0.881. The van der Waals surface area contributed by atoms with Crippen LogP contribution in [0.4, 0.5) is 14.5 Å². The van der Waals surface area contributed by atoms with Crippen LogP contribution < -0.4 is 5.73 Å². The Morgan fingerprint density at radius 1 is 1.36 bits per heavy atom. The van der Waals surface area contributed by atoms with Gasteiger partial charge in [-0.05, 0) is 12.1 Å². The van der Waals surface area contributed by atoms with Gasteiger partial charge in [-0.25, -0.2) is 8.78 Å². The quantitative estimate of drug-likeness (QED) is 0.469. The van der Waals surface area contributed by atoms with Crippen molar-refractivity contribution in [2.24, 2.45) is 0 Å². The van der Waals surface area contributed by atoms with Crippen LogP contribution in [0.1, 0.15) is 12.0 Å². The Kier molecular flexibility index (Phi) is 3.90. The zero-order valence-corrected chi connectivity index (χ0v) is 8.87. The molecular formula is C10H8BrF2N. The summed E-state index contributed by atoms with van der Waals surface area (Å²) in [6.45, 7) is 0. The molecule has 1 nitrogen and oxygen atoms in total. The molecule has 0 fully saturated rings. The highest BCUT2D eigenvalue weighted by Gasteiger charge is 2.08. The first-order valence-corrected chi connectivity index (χ1v) is 5.07. The Hall–Kier alpha value is -1.08. The number of anilines is 1. The number of rotatable bonds is 1. The first-order valence-electron chi connectivity index (χ1n) is 3.95. The van der Waals surface area contributed by atoms with E-state index in [0.717, 1.165) is 6.07 Å². The van der Waals surface area contributed by atoms with Gasteiger partial charge in [0.1, 0.15) is 5.82 Å². The minimum atomic E-state index is -0.785. The molecule has 0 aliphatic carbocycles. The summed E-state index contributed by atoms with van der Waals surface area (Å²) >= 11 is 3.16. The number of halogens is 3. The predicted octanol–water partition coefficient (Wildman–Crippen LogP) is 2.68.